The van der Waals surface area contributed by atoms with Gasteiger partial charge in [0.2, 0.25) is 11.8 Å². The van der Waals surface area contributed by atoms with E-state index in [1.165, 1.54) is 17.3 Å². The SMILES string of the molecule is CCN(CC)C(CNC(=O)CSCC(=O)Nc1cccc(Br)c1)c1ccsc1. The van der Waals surface area contributed by atoms with Gasteiger partial charge < -0.3 is 10.6 Å². The van der Waals surface area contributed by atoms with Crippen LogP contribution in [0.3, 0.4) is 0 Å². The Balaban J connectivity index is 1.74. The van der Waals surface area contributed by atoms with Crippen molar-refractivity contribution in [3.63, 3.8) is 0 Å². The lowest BCUT2D eigenvalue weighted by Crippen LogP contribution is -2.38. The van der Waals surface area contributed by atoms with E-state index in [-0.39, 0.29) is 29.4 Å². The van der Waals surface area contributed by atoms with Gasteiger partial charge in [-0.1, -0.05) is 35.8 Å². The summed E-state index contributed by atoms with van der Waals surface area (Å²) >= 11 is 6.36. The molecule has 0 aliphatic rings. The maximum atomic E-state index is 12.2. The molecule has 28 heavy (non-hydrogen) atoms. The van der Waals surface area contributed by atoms with Crippen molar-refractivity contribution >= 4 is 56.5 Å². The molecule has 0 aliphatic heterocycles. The molecule has 1 unspecified atom stereocenters. The Labute approximate surface area is 183 Å². The fourth-order valence-electron chi connectivity index (χ4n) is 2.85. The number of amides is 2. The van der Waals surface area contributed by atoms with Crippen LogP contribution in [0.25, 0.3) is 0 Å². The third kappa shape index (κ3) is 7.58. The summed E-state index contributed by atoms with van der Waals surface area (Å²) in [5.41, 5.74) is 1.97. The first kappa shape index (κ1) is 22.9. The van der Waals surface area contributed by atoms with E-state index in [4.69, 9.17) is 0 Å². The van der Waals surface area contributed by atoms with Crippen molar-refractivity contribution < 1.29 is 9.59 Å². The van der Waals surface area contributed by atoms with Crippen LogP contribution in [0.15, 0.2) is 45.6 Å². The fourth-order valence-corrected chi connectivity index (χ4v) is 4.60. The van der Waals surface area contributed by atoms with Crippen molar-refractivity contribution in [1.82, 2.24) is 10.2 Å². The molecule has 2 N–H and O–H groups in total. The number of halogens is 1. The molecule has 1 atom stereocenters. The first-order valence-electron chi connectivity index (χ1n) is 9.19. The van der Waals surface area contributed by atoms with E-state index < -0.39 is 0 Å². The number of carbonyl (C=O) groups is 2. The second kappa shape index (κ2) is 12.3. The molecule has 0 bridgehead atoms. The summed E-state index contributed by atoms with van der Waals surface area (Å²) in [7, 11) is 0. The van der Waals surface area contributed by atoms with Crippen LogP contribution in [0.1, 0.15) is 25.5 Å². The Morgan fingerprint density at radius 3 is 2.57 bits per heavy atom. The largest absolute Gasteiger partial charge is 0.353 e. The van der Waals surface area contributed by atoms with Gasteiger partial charge in [0.25, 0.3) is 0 Å². The molecule has 0 radical (unpaired) electrons. The molecular weight excluding hydrogens is 458 g/mol. The van der Waals surface area contributed by atoms with Crippen molar-refractivity contribution in [3.8, 4) is 0 Å². The molecular formula is C20H26BrN3O2S2. The second-order valence-electron chi connectivity index (χ2n) is 6.15. The molecule has 2 amide bonds. The Morgan fingerprint density at radius 2 is 1.93 bits per heavy atom. The number of hydrogen-bond acceptors (Lipinski definition) is 5. The van der Waals surface area contributed by atoms with Gasteiger partial charge >= 0.3 is 0 Å². The maximum Gasteiger partial charge on any atom is 0.234 e. The summed E-state index contributed by atoms with van der Waals surface area (Å²) < 4.78 is 0.908. The van der Waals surface area contributed by atoms with Gasteiger partial charge in [0.15, 0.2) is 0 Å². The van der Waals surface area contributed by atoms with Crippen molar-refractivity contribution in [2.24, 2.45) is 0 Å². The van der Waals surface area contributed by atoms with Gasteiger partial charge in [0.05, 0.1) is 17.5 Å². The normalized spacial score (nSPS) is 12.0. The molecule has 0 spiro atoms. The number of anilines is 1. The summed E-state index contributed by atoms with van der Waals surface area (Å²) in [5, 5.41) is 10.0. The molecule has 1 aromatic carbocycles. The molecule has 1 heterocycles. The summed E-state index contributed by atoms with van der Waals surface area (Å²) in [4.78, 5) is 26.6. The van der Waals surface area contributed by atoms with Gasteiger partial charge in [-0.05, 0) is 53.7 Å². The van der Waals surface area contributed by atoms with Gasteiger partial charge in [-0.15, -0.1) is 11.8 Å². The number of likely N-dealkylation sites (N-methyl/N-ethyl adjacent to an activating group) is 1. The maximum absolute atomic E-state index is 12.2. The topological polar surface area (TPSA) is 61.4 Å². The lowest BCUT2D eigenvalue weighted by molar-refractivity contribution is -0.118. The highest BCUT2D eigenvalue weighted by Crippen LogP contribution is 2.22. The second-order valence-corrected chi connectivity index (χ2v) is 8.83. The summed E-state index contributed by atoms with van der Waals surface area (Å²) in [6.07, 6.45) is 0. The van der Waals surface area contributed by atoms with E-state index in [1.807, 2.05) is 24.3 Å². The van der Waals surface area contributed by atoms with Crippen LogP contribution in [0, 0.1) is 0 Å². The number of thiophene rings is 1. The van der Waals surface area contributed by atoms with E-state index >= 15 is 0 Å². The van der Waals surface area contributed by atoms with E-state index in [0.29, 0.717) is 6.54 Å². The van der Waals surface area contributed by atoms with Crippen LogP contribution in [0.4, 0.5) is 5.69 Å². The zero-order chi connectivity index (χ0) is 20.4. The lowest BCUT2D eigenvalue weighted by atomic mass is 10.1. The molecule has 0 saturated carbocycles. The molecule has 8 heteroatoms. The molecule has 152 valence electrons. The predicted molar refractivity (Wildman–Crippen MR) is 123 cm³/mol. The van der Waals surface area contributed by atoms with Crippen molar-refractivity contribution in [1.29, 1.82) is 0 Å². The fraction of sp³-hybridized carbons (Fsp3) is 0.400. The summed E-state index contributed by atoms with van der Waals surface area (Å²) in [6, 6.07) is 9.72. The Kier molecular flexibility index (Phi) is 10.0. The van der Waals surface area contributed by atoms with Gasteiger partial charge in [-0.2, -0.15) is 11.3 Å². The van der Waals surface area contributed by atoms with Crippen LogP contribution >= 0.6 is 39.0 Å². The van der Waals surface area contributed by atoms with Crippen molar-refractivity contribution in [2.75, 3.05) is 36.5 Å². The van der Waals surface area contributed by atoms with Crippen LogP contribution in [0.5, 0.6) is 0 Å². The molecule has 0 aliphatic carbocycles. The molecule has 2 rings (SSSR count). The first-order valence-corrected chi connectivity index (χ1v) is 12.1. The average molecular weight is 484 g/mol. The van der Waals surface area contributed by atoms with Gasteiger partial charge in [-0.3, -0.25) is 14.5 Å². The Morgan fingerprint density at radius 1 is 1.18 bits per heavy atom. The molecule has 2 aromatic rings. The highest BCUT2D eigenvalue weighted by molar-refractivity contribution is 9.10. The monoisotopic (exact) mass is 483 g/mol. The first-order chi connectivity index (χ1) is 13.5. The quantitative estimate of drug-likeness (QED) is 0.497. The van der Waals surface area contributed by atoms with Gasteiger partial charge in [0.1, 0.15) is 0 Å². The average Bonchev–Trinajstić information content (AvgIpc) is 3.19. The number of nitrogens with one attached hydrogen (secondary N) is 2. The number of benzene rings is 1. The third-order valence-corrected chi connectivity index (χ3v) is 6.38. The summed E-state index contributed by atoms with van der Waals surface area (Å²) in [5.74, 6) is 0.340. The number of hydrogen-bond donors (Lipinski definition) is 2. The van der Waals surface area contributed by atoms with Crippen molar-refractivity contribution in [3.05, 3.63) is 51.1 Å². The number of nitrogens with zero attached hydrogens (tertiary/aromatic N) is 1. The van der Waals surface area contributed by atoms with Crippen LogP contribution in [0.2, 0.25) is 0 Å². The van der Waals surface area contributed by atoms with Gasteiger partial charge in [0, 0.05) is 16.7 Å². The minimum absolute atomic E-state index is 0.0485. The van der Waals surface area contributed by atoms with Gasteiger partial charge in [-0.25, -0.2) is 0 Å². The Bertz CT molecular complexity index is 752. The van der Waals surface area contributed by atoms with E-state index in [1.54, 1.807) is 11.3 Å². The number of thioether (sulfide) groups is 1. The van der Waals surface area contributed by atoms with Crippen LogP contribution in [-0.4, -0.2) is 47.9 Å². The molecule has 0 saturated heterocycles. The highest BCUT2D eigenvalue weighted by Gasteiger charge is 2.19. The lowest BCUT2D eigenvalue weighted by Gasteiger charge is -2.29. The van der Waals surface area contributed by atoms with E-state index in [0.717, 1.165) is 23.2 Å². The zero-order valence-electron chi connectivity index (χ0n) is 16.1. The molecule has 0 fully saturated rings. The number of rotatable bonds is 11. The highest BCUT2D eigenvalue weighted by atomic mass is 79.9. The van der Waals surface area contributed by atoms with Crippen molar-refractivity contribution in [2.45, 2.75) is 19.9 Å². The van der Waals surface area contributed by atoms with E-state index in [2.05, 4.69) is 62.1 Å². The smallest absolute Gasteiger partial charge is 0.234 e. The van der Waals surface area contributed by atoms with Crippen LogP contribution < -0.4 is 10.6 Å². The third-order valence-electron chi connectivity index (χ3n) is 4.25. The zero-order valence-corrected chi connectivity index (χ0v) is 19.3. The molecule has 5 nitrogen and oxygen atoms in total. The summed E-state index contributed by atoms with van der Waals surface area (Å²) in [6.45, 7) is 6.69. The van der Waals surface area contributed by atoms with E-state index in [9.17, 15) is 9.59 Å². The Hall–Kier alpha value is -1.35. The minimum atomic E-state index is -0.116. The predicted octanol–water partition coefficient (Wildman–Crippen LogP) is 4.38. The van der Waals surface area contributed by atoms with Crippen LogP contribution in [-0.2, 0) is 9.59 Å². The number of carbonyl (C=O) groups excluding carboxylic acids is 2. The molecule has 1 aromatic heterocycles. The standard InChI is InChI=1S/C20H26BrN3O2S2/c1-3-24(4-2)18(15-8-9-27-12-15)11-22-19(25)13-28-14-20(26)23-17-7-5-6-16(21)10-17/h5-10,12,18H,3-4,11,13-14H2,1-2H3,(H,22,25)(H,23,26). The minimum Gasteiger partial charge on any atom is -0.353 e.